The fraction of sp³-hybridized carbons (Fsp3) is 0.545. The summed E-state index contributed by atoms with van der Waals surface area (Å²) < 4.78 is 2.04. The van der Waals surface area contributed by atoms with E-state index in [9.17, 15) is 5.11 Å². The molecule has 3 nitrogen and oxygen atoms in total. The number of hydrogen-bond donors (Lipinski definition) is 1. The topological polar surface area (TPSA) is 37.5 Å². The highest BCUT2D eigenvalue weighted by Crippen LogP contribution is 2.26. The van der Waals surface area contributed by atoms with Crippen LogP contribution >= 0.6 is 11.3 Å². The summed E-state index contributed by atoms with van der Waals surface area (Å²) in [5, 5.41) is 11.4. The molecule has 1 atom stereocenters. The second kappa shape index (κ2) is 3.94. The normalized spacial score (nSPS) is 15.7. The van der Waals surface area contributed by atoms with E-state index in [1.54, 1.807) is 11.3 Å². The zero-order valence-electron chi connectivity index (χ0n) is 9.10. The van der Waals surface area contributed by atoms with Crippen LogP contribution in [0.5, 0.6) is 0 Å². The smallest absolute Gasteiger partial charge is 0.193 e. The Morgan fingerprint density at radius 2 is 2.40 bits per heavy atom. The zero-order valence-corrected chi connectivity index (χ0v) is 9.92. The van der Waals surface area contributed by atoms with Gasteiger partial charge < -0.3 is 5.11 Å². The fourth-order valence-electron chi connectivity index (χ4n) is 1.59. The second-order valence-electron chi connectivity index (χ2n) is 4.32. The van der Waals surface area contributed by atoms with Gasteiger partial charge in [-0.15, -0.1) is 11.3 Å². The molecule has 0 amide bonds. The van der Waals surface area contributed by atoms with Gasteiger partial charge in [-0.2, -0.15) is 0 Å². The minimum absolute atomic E-state index is 0.0377. The van der Waals surface area contributed by atoms with Gasteiger partial charge in [-0.25, -0.2) is 4.98 Å². The van der Waals surface area contributed by atoms with Crippen molar-refractivity contribution in [2.75, 3.05) is 6.61 Å². The molecular formula is C11H16N2OS. The van der Waals surface area contributed by atoms with Crippen LogP contribution in [0.2, 0.25) is 0 Å². The molecule has 15 heavy (non-hydrogen) atoms. The number of aliphatic hydroxyl groups is 1. The van der Waals surface area contributed by atoms with E-state index in [1.165, 1.54) is 0 Å². The van der Waals surface area contributed by atoms with Crippen LogP contribution in [-0.4, -0.2) is 21.1 Å². The lowest BCUT2D eigenvalue weighted by Gasteiger charge is -2.24. The summed E-state index contributed by atoms with van der Waals surface area (Å²) in [5.74, 6) is 0. The van der Waals surface area contributed by atoms with E-state index in [4.69, 9.17) is 0 Å². The molecule has 0 aromatic carbocycles. The standard InChI is InChI=1S/C11H16N2OS/c1-3-11(2,8-14)6-9-7-13-4-5-15-10(13)12-9/h4-5,7,14H,3,6,8H2,1-2H3. The van der Waals surface area contributed by atoms with E-state index < -0.39 is 0 Å². The van der Waals surface area contributed by atoms with Gasteiger partial charge in [0.05, 0.1) is 5.69 Å². The van der Waals surface area contributed by atoms with Crippen LogP contribution in [0.25, 0.3) is 4.96 Å². The maximum atomic E-state index is 9.34. The van der Waals surface area contributed by atoms with E-state index >= 15 is 0 Å². The second-order valence-corrected chi connectivity index (χ2v) is 5.20. The quantitative estimate of drug-likeness (QED) is 0.865. The molecule has 0 saturated carbocycles. The molecule has 4 heteroatoms. The van der Waals surface area contributed by atoms with Crippen LogP contribution in [0.4, 0.5) is 0 Å². The van der Waals surface area contributed by atoms with Gasteiger partial charge in [-0.3, -0.25) is 4.40 Å². The number of aromatic nitrogens is 2. The maximum absolute atomic E-state index is 9.34. The Hall–Kier alpha value is -0.870. The summed E-state index contributed by atoms with van der Waals surface area (Å²) >= 11 is 1.64. The molecule has 1 N–H and O–H groups in total. The van der Waals surface area contributed by atoms with Gasteiger partial charge in [-0.1, -0.05) is 13.8 Å². The highest BCUT2D eigenvalue weighted by Gasteiger charge is 2.22. The van der Waals surface area contributed by atoms with Crippen LogP contribution in [-0.2, 0) is 6.42 Å². The molecule has 0 fully saturated rings. The summed E-state index contributed by atoms with van der Waals surface area (Å²) in [6.45, 7) is 4.42. The van der Waals surface area contributed by atoms with Crippen molar-refractivity contribution in [1.29, 1.82) is 0 Å². The van der Waals surface area contributed by atoms with Crippen molar-refractivity contribution >= 4 is 16.3 Å². The third-order valence-electron chi connectivity index (χ3n) is 2.99. The molecule has 0 saturated heterocycles. The number of hydrogen-bond acceptors (Lipinski definition) is 3. The number of rotatable bonds is 4. The Morgan fingerprint density at radius 3 is 3.00 bits per heavy atom. The van der Waals surface area contributed by atoms with Crippen molar-refractivity contribution in [2.24, 2.45) is 5.41 Å². The lowest BCUT2D eigenvalue weighted by atomic mass is 9.84. The first-order valence-corrected chi connectivity index (χ1v) is 6.07. The highest BCUT2D eigenvalue weighted by atomic mass is 32.1. The van der Waals surface area contributed by atoms with Crippen LogP contribution < -0.4 is 0 Å². The molecule has 0 radical (unpaired) electrons. The molecule has 0 aliphatic carbocycles. The molecule has 2 rings (SSSR count). The van der Waals surface area contributed by atoms with E-state index in [0.717, 1.165) is 23.5 Å². The van der Waals surface area contributed by atoms with Crippen LogP contribution in [0.1, 0.15) is 26.0 Å². The maximum Gasteiger partial charge on any atom is 0.193 e. The number of fused-ring (bicyclic) bond motifs is 1. The Labute approximate surface area is 93.4 Å². The van der Waals surface area contributed by atoms with Gasteiger partial charge >= 0.3 is 0 Å². The van der Waals surface area contributed by atoms with E-state index in [0.29, 0.717) is 0 Å². The third-order valence-corrected chi connectivity index (χ3v) is 3.76. The predicted molar refractivity (Wildman–Crippen MR) is 62.3 cm³/mol. The zero-order chi connectivity index (χ0) is 10.9. The first-order valence-electron chi connectivity index (χ1n) is 5.19. The lowest BCUT2D eigenvalue weighted by Crippen LogP contribution is -2.23. The van der Waals surface area contributed by atoms with Crippen LogP contribution in [0, 0.1) is 5.41 Å². The first-order chi connectivity index (χ1) is 7.17. The SMILES string of the molecule is CCC(C)(CO)Cc1cn2ccsc2n1. The Morgan fingerprint density at radius 1 is 1.60 bits per heavy atom. The van der Waals surface area contributed by atoms with Crippen LogP contribution in [0.15, 0.2) is 17.8 Å². The van der Waals surface area contributed by atoms with Crippen molar-refractivity contribution in [1.82, 2.24) is 9.38 Å². The molecule has 0 spiro atoms. The molecule has 0 aliphatic heterocycles. The minimum Gasteiger partial charge on any atom is -0.396 e. The van der Waals surface area contributed by atoms with Gasteiger partial charge in [0, 0.05) is 24.4 Å². The van der Waals surface area contributed by atoms with Crippen molar-refractivity contribution in [3.05, 3.63) is 23.5 Å². The van der Waals surface area contributed by atoms with Gasteiger partial charge in [0.15, 0.2) is 4.96 Å². The van der Waals surface area contributed by atoms with E-state index in [1.807, 2.05) is 16.0 Å². The summed E-state index contributed by atoms with van der Waals surface area (Å²) in [5.41, 5.74) is 1.03. The van der Waals surface area contributed by atoms with Gasteiger partial charge in [0.25, 0.3) is 0 Å². The average molecular weight is 224 g/mol. The monoisotopic (exact) mass is 224 g/mol. The lowest BCUT2D eigenvalue weighted by molar-refractivity contribution is 0.137. The Bertz CT molecular complexity index is 414. The molecule has 2 aromatic rings. The van der Waals surface area contributed by atoms with Crippen molar-refractivity contribution in [3.8, 4) is 0 Å². The number of thiazole rings is 1. The number of aliphatic hydroxyl groups excluding tert-OH is 1. The third kappa shape index (κ3) is 2.06. The molecule has 2 heterocycles. The van der Waals surface area contributed by atoms with Crippen molar-refractivity contribution in [2.45, 2.75) is 26.7 Å². The minimum atomic E-state index is -0.0377. The van der Waals surface area contributed by atoms with Gasteiger partial charge in [0.2, 0.25) is 0 Å². The number of nitrogens with zero attached hydrogens (tertiary/aromatic N) is 2. The van der Waals surface area contributed by atoms with Gasteiger partial charge in [-0.05, 0) is 18.3 Å². The Balaban J connectivity index is 2.21. The van der Waals surface area contributed by atoms with Crippen LogP contribution in [0.3, 0.4) is 0 Å². The Kier molecular flexibility index (Phi) is 2.80. The highest BCUT2D eigenvalue weighted by molar-refractivity contribution is 7.15. The first kappa shape index (κ1) is 10.6. The average Bonchev–Trinajstić information content (AvgIpc) is 2.77. The summed E-state index contributed by atoms with van der Waals surface area (Å²) in [6.07, 6.45) is 5.87. The summed E-state index contributed by atoms with van der Waals surface area (Å²) in [4.78, 5) is 5.55. The summed E-state index contributed by atoms with van der Waals surface area (Å²) in [6, 6.07) is 0. The molecule has 2 aromatic heterocycles. The predicted octanol–water partition coefficient (Wildman–Crippen LogP) is 2.35. The van der Waals surface area contributed by atoms with Crippen molar-refractivity contribution in [3.63, 3.8) is 0 Å². The molecule has 1 unspecified atom stereocenters. The number of imidazole rings is 1. The van der Waals surface area contributed by atoms with E-state index in [-0.39, 0.29) is 12.0 Å². The fourth-order valence-corrected chi connectivity index (χ4v) is 2.31. The van der Waals surface area contributed by atoms with Crippen molar-refractivity contribution < 1.29 is 5.11 Å². The molecular weight excluding hydrogens is 208 g/mol. The molecule has 82 valence electrons. The van der Waals surface area contributed by atoms with E-state index in [2.05, 4.69) is 25.0 Å². The summed E-state index contributed by atoms with van der Waals surface area (Å²) in [7, 11) is 0. The molecule has 0 bridgehead atoms. The molecule has 0 aliphatic rings. The largest absolute Gasteiger partial charge is 0.396 e. The van der Waals surface area contributed by atoms with Gasteiger partial charge in [0.1, 0.15) is 0 Å².